The number of fused-ring (bicyclic) bond motifs is 3. The van der Waals surface area contributed by atoms with Crippen LogP contribution < -0.4 is 4.90 Å². The van der Waals surface area contributed by atoms with Crippen LogP contribution >= 0.6 is 22.7 Å². The van der Waals surface area contributed by atoms with E-state index in [0.717, 1.165) is 48.2 Å². The highest BCUT2D eigenvalue weighted by atomic mass is 32.1. The molecule has 10 rings (SSSR count). The molecule has 0 N–H and O–H groups in total. The lowest BCUT2D eigenvalue weighted by Crippen LogP contribution is -2.07. The molecule has 7 aromatic carbocycles. The monoisotopic (exact) mass is 637 g/mol. The van der Waals surface area contributed by atoms with Crippen LogP contribution in [0.5, 0.6) is 0 Å². The largest absolute Gasteiger partial charge is 0.292 e. The molecule has 0 atom stereocenters. The smallest absolute Gasteiger partial charge is 0.197 e. The van der Waals surface area contributed by atoms with Crippen molar-refractivity contribution < 1.29 is 9.59 Å². The fraction of sp³-hybridized carbons (Fsp3) is 0. The third-order valence-corrected chi connectivity index (χ3v) is 11.6. The van der Waals surface area contributed by atoms with Gasteiger partial charge in [0.2, 0.25) is 0 Å². The topological polar surface area (TPSA) is 37.4 Å². The van der Waals surface area contributed by atoms with E-state index in [2.05, 4.69) is 108 Å². The minimum Gasteiger partial charge on any atom is -0.292 e. The van der Waals surface area contributed by atoms with Crippen molar-refractivity contribution in [3.05, 3.63) is 156 Å². The van der Waals surface area contributed by atoms with Crippen LogP contribution in [0.4, 0.5) is 15.7 Å². The summed E-state index contributed by atoms with van der Waals surface area (Å²) in [5, 5.41) is 11.6. The number of thiophene rings is 2. The van der Waals surface area contributed by atoms with E-state index in [4.69, 9.17) is 0 Å². The summed E-state index contributed by atoms with van der Waals surface area (Å²) in [5.41, 5.74) is 3.17. The molecule has 1 aliphatic carbocycles. The predicted octanol–water partition coefficient (Wildman–Crippen LogP) is 11.9. The third-order valence-electron chi connectivity index (χ3n) is 9.39. The van der Waals surface area contributed by atoms with E-state index in [9.17, 15) is 9.59 Å². The van der Waals surface area contributed by atoms with Gasteiger partial charge < -0.3 is 0 Å². The summed E-state index contributed by atoms with van der Waals surface area (Å²) in [6.45, 7) is 0. The Morgan fingerprint density at radius 1 is 0.489 bits per heavy atom. The van der Waals surface area contributed by atoms with Gasteiger partial charge in [0.1, 0.15) is 10.0 Å². The average molecular weight is 638 g/mol. The first kappa shape index (κ1) is 26.6. The fourth-order valence-electron chi connectivity index (χ4n) is 7.19. The molecule has 5 heteroatoms. The Morgan fingerprint density at radius 3 is 1.62 bits per heavy atom. The lowest BCUT2D eigenvalue weighted by molar-refractivity contribution is 0.0990. The van der Waals surface area contributed by atoms with Gasteiger partial charge >= 0.3 is 0 Å². The van der Waals surface area contributed by atoms with Crippen LogP contribution in [-0.4, -0.2) is 11.6 Å². The molecule has 0 saturated heterocycles. The number of hydrogen-bond acceptors (Lipinski definition) is 5. The van der Waals surface area contributed by atoms with E-state index in [1.807, 2.05) is 18.2 Å². The van der Waals surface area contributed by atoms with Crippen molar-refractivity contribution >= 4 is 108 Å². The summed E-state index contributed by atoms with van der Waals surface area (Å²) in [7, 11) is 0. The van der Waals surface area contributed by atoms with Crippen molar-refractivity contribution in [1.29, 1.82) is 0 Å². The van der Waals surface area contributed by atoms with E-state index >= 15 is 0 Å². The Kier molecular flexibility index (Phi) is 5.62. The van der Waals surface area contributed by atoms with Crippen molar-refractivity contribution in [2.24, 2.45) is 0 Å². The number of benzene rings is 7. The summed E-state index contributed by atoms with van der Waals surface area (Å²) in [6.07, 6.45) is 1.79. The fourth-order valence-corrected chi connectivity index (χ4v) is 9.43. The molecule has 3 nitrogen and oxygen atoms in total. The quantitative estimate of drug-likeness (QED) is 0.109. The molecule has 9 aromatic rings. The predicted molar refractivity (Wildman–Crippen MR) is 199 cm³/mol. The van der Waals surface area contributed by atoms with Gasteiger partial charge in [-0.1, -0.05) is 103 Å². The third kappa shape index (κ3) is 3.91. The van der Waals surface area contributed by atoms with E-state index in [0.29, 0.717) is 11.1 Å². The zero-order valence-electron chi connectivity index (χ0n) is 24.9. The van der Waals surface area contributed by atoms with Gasteiger partial charge in [-0.2, -0.15) is 0 Å². The molecule has 0 aliphatic heterocycles. The van der Waals surface area contributed by atoms with E-state index < -0.39 is 0 Å². The number of Topliss-reactive ketones (excluding diaryl/α,β-unsaturated/α-hetero) is 2. The molecule has 47 heavy (non-hydrogen) atoms. The van der Waals surface area contributed by atoms with Gasteiger partial charge in [-0.3, -0.25) is 14.5 Å². The van der Waals surface area contributed by atoms with Gasteiger partial charge in [-0.05, 0) is 79.7 Å². The zero-order chi connectivity index (χ0) is 31.2. The number of hydrogen-bond donors (Lipinski definition) is 0. The average Bonchev–Trinajstić information content (AvgIpc) is 3.80. The lowest BCUT2D eigenvalue weighted by atomic mass is 9.90. The number of rotatable bonds is 4. The molecule has 1 aliphatic rings. The van der Waals surface area contributed by atoms with Crippen LogP contribution in [0.3, 0.4) is 0 Å². The van der Waals surface area contributed by atoms with Crippen molar-refractivity contribution in [2.45, 2.75) is 0 Å². The van der Waals surface area contributed by atoms with Crippen LogP contribution in [0.15, 0.2) is 139 Å². The Balaban J connectivity index is 1.22. The van der Waals surface area contributed by atoms with Crippen LogP contribution in [0.1, 0.15) is 26.3 Å². The minimum absolute atomic E-state index is 0.208. The first-order chi connectivity index (χ1) is 23.1. The summed E-state index contributed by atoms with van der Waals surface area (Å²) >= 11 is 3.60. The molecule has 0 amide bonds. The molecule has 0 radical (unpaired) electrons. The van der Waals surface area contributed by atoms with E-state index in [1.54, 1.807) is 40.9 Å². The minimum atomic E-state index is -0.208. The second-order valence-corrected chi connectivity index (χ2v) is 14.1. The molecular formula is C42H23NO2S2. The van der Waals surface area contributed by atoms with E-state index in [-0.39, 0.29) is 17.1 Å². The van der Waals surface area contributed by atoms with Crippen molar-refractivity contribution in [3.8, 4) is 0 Å². The van der Waals surface area contributed by atoms with Crippen LogP contribution in [0.25, 0.3) is 58.6 Å². The maximum atomic E-state index is 13.3. The molecule has 0 spiro atoms. The Morgan fingerprint density at radius 2 is 1.00 bits per heavy atom. The summed E-state index contributed by atoms with van der Waals surface area (Å²) in [6, 6.07) is 46.1. The number of carbonyl (C=O) groups excluding carboxylic acids is 2. The maximum absolute atomic E-state index is 13.3. The zero-order valence-corrected chi connectivity index (χ0v) is 26.5. The number of ketones is 2. The van der Waals surface area contributed by atoms with Crippen molar-refractivity contribution in [3.63, 3.8) is 0 Å². The molecule has 2 aromatic heterocycles. The summed E-state index contributed by atoms with van der Waals surface area (Å²) in [5.74, 6) is -0.415. The SMILES string of the molecule is O=C1C(=Cc2ccc3ccc4c(N(c5cc6ccccc6s5)c5cc6ccccc6s5)ccc5ccc2c3c54)C(=O)c2ccccc21. The number of allylic oxidation sites excluding steroid dienone is 1. The molecule has 2 heterocycles. The molecule has 0 unspecified atom stereocenters. The molecule has 220 valence electrons. The second-order valence-electron chi connectivity index (χ2n) is 12.0. The lowest BCUT2D eigenvalue weighted by Gasteiger charge is -2.24. The highest BCUT2D eigenvalue weighted by Crippen LogP contribution is 2.49. The number of nitrogens with zero attached hydrogens (tertiary/aromatic N) is 1. The van der Waals surface area contributed by atoms with Gasteiger partial charge in [0.25, 0.3) is 0 Å². The van der Waals surface area contributed by atoms with Crippen LogP contribution in [0.2, 0.25) is 0 Å². The molecule has 0 bridgehead atoms. The van der Waals surface area contributed by atoms with Gasteiger partial charge in [0.05, 0.1) is 11.3 Å². The standard InChI is InChI=1S/C42H23NO2S2/c44-41-30-9-3-4-10-31(30)42(45)33(41)21-26-14-13-24-16-19-32-34(20-17-25-15-18-29(26)39(24)40(25)32)43(37-22-27-7-1-5-11-35(27)46-37)38-23-28-8-2-6-12-36(28)47-38/h1-23H. The highest BCUT2D eigenvalue weighted by molar-refractivity contribution is 7.25. The Bertz CT molecular complexity index is 2620. The number of anilines is 3. The van der Waals surface area contributed by atoms with Crippen molar-refractivity contribution in [1.82, 2.24) is 0 Å². The molecule has 0 fully saturated rings. The Hall–Kier alpha value is -5.62. The van der Waals surface area contributed by atoms with Gasteiger partial charge in [0, 0.05) is 25.9 Å². The maximum Gasteiger partial charge on any atom is 0.197 e. The highest BCUT2D eigenvalue weighted by Gasteiger charge is 2.32. The van der Waals surface area contributed by atoms with Crippen molar-refractivity contribution in [2.75, 3.05) is 4.90 Å². The van der Waals surface area contributed by atoms with Gasteiger partial charge in [0.15, 0.2) is 11.6 Å². The van der Waals surface area contributed by atoms with E-state index in [1.165, 1.54) is 25.6 Å². The Labute approximate surface area is 277 Å². The van der Waals surface area contributed by atoms with Crippen LogP contribution in [0, 0.1) is 0 Å². The molecule has 0 saturated carbocycles. The summed E-state index contributed by atoms with van der Waals surface area (Å²) in [4.78, 5) is 29.0. The number of carbonyl (C=O) groups is 2. The second kappa shape index (κ2) is 9.94. The normalized spacial score (nSPS) is 13.1. The van der Waals surface area contributed by atoms with Gasteiger partial charge in [-0.25, -0.2) is 0 Å². The van der Waals surface area contributed by atoms with Crippen LogP contribution in [-0.2, 0) is 0 Å². The first-order valence-electron chi connectivity index (χ1n) is 15.5. The van der Waals surface area contributed by atoms with Gasteiger partial charge in [-0.15, -0.1) is 22.7 Å². The molecular weight excluding hydrogens is 615 g/mol. The first-order valence-corrected chi connectivity index (χ1v) is 17.1. The summed E-state index contributed by atoms with van der Waals surface area (Å²) < 4.78 is 2.50.